The summed E-state index contributed by atoms with van der Waals surface area (Å²) < 4.78 is 0. The molecule has 0 radical (unpaired) electrons. The van der Waals surface area contributed by atoms with Crippen molar-refractivity contribution < 1.29 is 9.59 Å². The first-order valence-electron chi connectivity index (χ1n) is 7.12. The number of urea groups is 1. The van der Waals surface area contributed by atoms with Crippen molar-refractivity contribution in [2.45, 2.75) is 37.9 Å². The van der Waals surface area contributed by atoms with E-state index in [1.165, 1.54) is 0 Å². The monoisotopic (exact) mass is 273 g/mol. The lowest BCUT2D eigenvalue weighted by molar-refractivity contribution is -0.123. The van der Waals surface area contributed by atoms with Gasteiger partial charge in [-0.3, -0.25) is 4.79 Å². The number of piperidine rings is 1. The molecule has 0 spiro atoms. The smallest absolute Gasteiger partial charge is 0.317 e. The standard InChI is InChI=1S/C15H19N3O2/c19-14-7-6-13-12(17-14)8-9-18(13)15(20)16-10-11-4-2-1-3-5-11/h1-5,12-13H,6-10H2,(H,16,20)(H,17,19)/t12-,13-/m1/s1. The van der Waals surface area contributed by atoms with E-state index >= 15 is 0 Å². The van der Waals surface area contributed by atoms with Crippen LogP contribution in [0.15, 0.2) is 30.3 Å². The summed E-state index contributed by atoms with van der Waals surface area (Å²) >= 11 is 0. The number of rotatable bonds is 2. The minimum Gasteiger partial charge on any atom is -0.351 e. The highest BCUT2D eigenvalue weighted by Crippen LogP contribution is 2.25. The molecule has 0 aliphatic carbocycles. The van der Waals surface area contributed by atoms with Crippen molar-refractivity contribution in [3.63, 3.8) is 0 Å². The lowest BCUT2D eigenvalue weighted by Gasteiger charge is -2.32. The third-order valence-electron chi connectivity index (χ3n) is 4.11. The average Bonchev–Trinajstić information content (AvgIpc) is 2.89. The second-order valence-corrected chi connectivity index (χ2v) is 5.41. The second-order valence-electron chi connectivity index (χ2n) is 5.41. The number of hydrogen-bond donors (Lipinski definition) is 2. The Kier molecular flexibility index (Phi) is 3.58. The van der Waals surface area contributed by atoms with E-state index in [1.54, 1.807) is 0 Å². The predicted molar refractivity (Wildman–Crippen MR) is 75.0 cm³/mol. The summed E-state index contributed by atoms with van der Waals surface area (Å²) in [7, 11) is 0. The Morgan fingerprint density at radius 3 is 2.90 bits per heavy atom. The fourth-order valence-electron chi connectivity index (χ4n) is 3.06. The van der Waals surface area contributed by atoms with Gasteiger partial charge < -0.3 is 15.5 Å². The number of fused-ring (bicyclic) bond motifs is 1. The van der Waals surface area contributed by atoms with E-state index in [-0.39, 0.29) is 24.0 Å². The first-order chi connectivity index (χ1) is 9.74. The van der Waals surface area contributed by atoms with Crippen LogP contribution in [-0.4, -0.2) is 35.5 Å². The van der Waals surface area contributed by atoms with Gasteiger partial charge in [0.05, 0.1) is 12.1 Å². The zero-order valence-corrected chi connectivity index (χ0v) is 11.3. The number of amides is 3. The number of benzene rings is 1. The normalized spacial score (nSPS) is 25.0. The fraction of sp³-hybridized carbons (Fsp3) is 0.467. The number of nitrogens with zero attached hydrogens (tertiary/aromatic N) is 1. The molecule has 2 aliphatic rings. The van der Waals surface area contributed by atoms with Crippen molar-refractivity contribution >= 4 is 11.9 Å². The molecule has 20 heavy (non-hydrogen) atoms. The summed E-state index contributed by atoms with van der Waals surface area (Å²) in [5, 5.41) is 5.94. The molecule has 3 rings (SSSR count). The first-order valence-corrected chi connectivity index (χ1v) is 7.12. The Morgan fingerprint density at radius 1 is 1.30 bits per heavy atom. The van der Waals surface area contributed by atoms with Crippen molar-refractivity contribution in [3.8, 4) is 0 Å². The molecule has 5 heteroatoms. The number of carbonyl (C=O) groups excluding carboxylic acids is 2. The highest BCUT2D eigenvalue weighted by Gasteiger charge is 2.40. The van der Waals surface area contributed by atoms with Crippen LogP contribution in [0.25, 0.3) is 0 Å². The Morgan fingerprint density at radius 2 is 2.10 bits per heavy atom. The zero-order valence-electron chi connectivity index (χ0n) is 11.3. The zero-order chi connectivity index (χ0) is 13.9. The first kappa shape index (κ1) is 13.0. The summed E-state index contributed by atoms with van der Waals surface area (Å²) in [6.45, 7) is 1.26. The van der Waals surface area contributed by atoms with Crippen molar-refractivity contribution in [1.29, 1.82) is 0 Å². The van der Waals surface area contributed by atoms with Crippen LogP contribution in [0, 0.1) is 0 Å². The predicted octanol–water partition coefficient (Wildman–Crippen LogP) is 1.25. The van der Waals surface area contributed by atoms with Crippen LogP contribution < -0.4 is 10.6 Å². The van der Waals surface area contributed by atoms with Gasteiger partial charge in [-0.05, 0) is 18.4 Å². The number of likely N-dealkylation sites (tertiary alicyclic amines) is 1. The maximum atomic E-state index is 12.3. The molecule has 2 saturated heterocycles. The molecule has 0 unspecified atom stereocenters. The molecule has 1 aromatic rings. The number of hydrogen-bond acceptors (Lipinski definition) is 2. The molecule has 2 aliphatic heterocycles. The highest BCUT2D eigenvalue weighted by atomic mass is 16.2. The van der Waals surface area contributed by atoms with Gasteiger partial charge in [-0.25, -0.2) is 4.79 Å². The van der Waals surface area contributed by atoms with Gasteiger partial charge in [-0.15, -0.1) is 0 Å². The van der Waals surface area contributed by atoms with Crippen molar-refractivity contribution in [2.24, 2.45) is 0 Å². The largest absolute Gasteiger partial charge is 0.351 e. The minimum absolute atomic E-state index is 0.0301. The molecule has 0 saturated carbocycles. The molecule has 2 fully saturated rings. The summed E-state index contributed by atoms with van der Waals surface area (Å²) in [5.41, 5.74) is 1.09. The number of nitrogens with one attached hydrogen (secondary N) is 2. The maximum absolute atomic E-state index is 12.3. The van der Waals surface area contributed by atoms with E-state index < -0.39 is 0 Å². The van der Waals surface area contributed by atoms with E-state index in [0.717, 1.165) is 24.9 Å². The van der Waals surface area contributed by atoms with Gasteiger partial charge in [0.25, 0.3) is 0 Å². The van der Waals surface area contributed by atoms with Gasteiger partial charge in [0.1, 0.15) is 0 Å². The lowest BCUT2D eigenvalue weighted by Crippen LogP contribution is -2.52. The van der Waals surface area contributed by atoms with E-state index in [4.69, 9.17) is 0 Å². The third-order valence-corrected chi connectivity index (χ3v) is 4.11. The number of carbonyl (C=O) groups is 2. The van der Waals surface area contributed by atoms with Crippen LogP contribution in [0.2, 0.25) is 0 Å². The Balaban J connectivity index is 1.57. The molecule has 106 valence electrons. The minimum atomic E-state index is -0.0301. The van der Waals surface area contributed by atoms with E-state index in [1.807, 2.05) is 35.2 Å². The molecule has 3 amide bonds. The van der Waals surface area contributed by atoms with Gasteiger partial charge >= 0.3 is 6.03 Å². The second kappa shape index (κ2) is 5.53. The molecule has 1 aromatic carbocycles. The van der Waals surface area contributed by atoms with Crippen LogP contribution in [0.1, 0.15) is 24.8 Å². The topological polar surface area (TPSA) is 61.4 Å². The van der Waals surface area contributed by atoms with Crippen LogP contribution in [0.4, 0.5) is 4.79 Å². The van der Waals surface area contributed by atoms with Crippen molar-refractivity contribution in [2.75, 3.05) is 6.54 Å². The average molecular weight is 273 g/mol. The molecular formula is C15H19N3O2. The molecule has 2 atom stereocenters. The van der Waals surface area contributed by atoms with E-state index in [2.05, 4.69) is 10.6 Å². The van der Waals surface area contributed by atoms with Crippen LogP contribution in [0.3, 0.4) is 0 Å². The Hall–Kier alpha value is -2.04. The van der Waals surface area contributed by atoms with Crippen LogP contribution in [-0.2, 0) is 11.3 Å². The fourth-order valence-corrected chi connectivity index (χ4v) is 3.06. The Labute approximate surface area is 118 Å². The van der Waals surface area contributed by atoms with Gasteiger partial charge in [0.2, 0.25) is 5.91 Å². The molecule has 0 bridgehead atoms. The molecule has 0 aromatic heterocycles. The summed E-state index contributed by atoms with van der Waals surface area (Å²) in [6.07, 6.45) is 2.15. The van der Waals surface area contributed by atoms with Crippen LogP contribution >= 0.6 is 0 Å². The van der Waals surface area contributed by atoms with Crippen molar-refractivity contribution in [1.82, 2.24) is 15.5 Å². The highest BCUT2D eigenvalue weighted by molar-refractivity contribution is 5.79. The maximum Gasteiger partial charge on any atom is 0.317 e. The molecular weight excluding hydrogens is 254 g/mol. The quantitative estimate of drug-likeness (QED) is 0.852. The van der Waals surface area contributed by atoms with Gasteiger partial charge in [-0.1, -0.05) is 30.3 Å². The Bertz CT molecular complexity index is 503. The summed E-state index contributed by atoms with van der Waals surface area (Å²) in [6, 6.07) is 10.1. The van der Waals surface area contributed by atoms with Crippen LogP contribution in [0.5, 0.6) is 0 Å². The van der Waals surface area contributed by atoms with Crippen molar-refractivity contribution in [3.05, 3.63) is 35.9 Å². The molecule has 5 nitrogen and oxygen atoms in total. The summed E-state index contributed by atoms with van der Waals surface area (Å²) in [5.74, 6) is 0.109. The van der Waals surface area contributed by atoms with Gasteiger partial charge in [-0.2, -0.15) is 0 Å². The summed E-state index contributed by atoms with van der Waals surface area (Å²) in [4.78, 5) is 25.5. The lowest BCUT2D eigenvalue weighted by atomic mass is 9.99. The third kappa shape index (κ3) is 2.61. The molecule has 2 N–H and O–H groups in total. The van der Waals surface area contributed by atoms with Gasteiger partial charge in [0.15, 0.2) is 0 Å². The SMILES string of the molecule is O=C1CC[C@@H]2[C@@H](CCN2C(=O)NCc2ccccc2)N1. The molecule has 2 heterocycles. The van der Waals surface area contributed by atoms with Gasteiger partial charge in [0, 0.05) is 19.5 Å². The van der Waals surface area contributed by atoms with E-state index in [0.29, 0.717) is 13.0 Å². The van der Waals surface area contributed by atoms with E-state index in [9.17, 15) is 9.59 Å².